The molecule has 7 nitrogen and oxygen atoms in total. The van der Waals surface area contributed by atoms with Gasteiger partial charge >= 0.3 is 0 Å². The van der Waals surface area contributed by atoms with Crippen LogP contribution in [0.2, 0.25) is 0 Å². The Morgan fingerprint density at radius 2 is 2.04 bits per heavy atom. The minimum atomic E-state index is -2.59. The van der Waals surface area contributed by atoms with Crippen molar-refractivity contribution in [2.75, 3.05) is 11.1 Å². The lowest BCUT2D eigenvalue weighted by molar-refractivity contribution is -0.113. The summed E-state index contributed by atoms with van der Waals surface area (Å²) < 4.78 is 26.9. The molecule has 0 aromatic carbocycles. The number of fused-ring (bicyclic) bond motifs is 1. The van der Waals surface area contributed by atoms with Crippen LogP contribution in [0.1, 0.15) is 30.5 Å². The number of carbonyl (C=O) groups is 1. The van der Waals surface area contributed by atoms with Gasteiger partial charge in [-0.1, -0.05) is 12.2 Å². The van der Waals surface area contributed by atoms with Crippen molar-refractivity contribution in [3.05, 3.63) is 66.0 Å². The van der Waals surface area contributed by atoms with Crippen LogP contribution in [-0.2, 0) is 4.79 Å². The largest absolute Gasteiger partial charge is 0.382 e. The molecule has 3 N–H and O–H groups in total. The topological polar surface area (TPSA) is 98.2 Å². The molecule has 0 atom stereocenters. The van der Waals surface area contributed by atoms with E-state index in [4.69, 9.17) is 5.73 Å². The summed E-state index contributed by atoms with van der Waals surface area (Å²) in [7, 11) is 0. The molecule has 3 aromatic heterocycles. The lowest BCUT2D eigenvalue weighted by atomic mass is 9.95. The molecule has 0 bridgehead atoms. The SMILES string of the molecule is Nc1nccn2cnc(C3=CC=C(C(=O)Nc4ccc(C(F)F)cn4)CC3)c12. The van der Waals surface area contributed by atoms with Gasteiger partial charge in [0.05, 0.1) is 5.69 Å². The highest BCUT2D eigenvalue weighted by atomic mass is 19.3. The number of anilines is 2. The van der Waals surface area contributed by atoms with E-state index in [-0.39, 0.29) is 17.3 Å². The van der Waals surface area contributed by atoms with Gasteiger partial charge in [-0.25, -0.2) is 23.7 Å². The highest BCUT2D eigenvalue weighted by Gasteiger charge is 2.19. The molecule has 1 aliphatic carbocycles. The van der Waals surface area contributed by atoms with Gasteiger partial charge in [0.1, 0.15) is 23.5 Å². The standard InChI is InChI=1S/C19H16F2N6O/c20-17(21)13-5-6-14(24-9-13)26-19(28)12-3-1-11(2-4-12)15-16-18(22)23-7-8-27(16)10-25-15/h1,3,5-10,17H,2,4H2,(H2,22,23)(H,24,26,28). The van der Waals surface area contributed by atoms with Crippen LogP contribution in [0.4, 0.5) is 20.4 Å². The summed E-state index contributed by atoms with van der Waals surface area (Å²) in [6.45, 7) is 0. The Labute approximate surface area is 158 Å². The van der Waals surface area contributed by atoms with Gasteiger partial charge in [0.15, 0.2) is 0 Å². The summed E-state index contributed by atoms with van der Waals surface area (Å²) in [5.74, 6) is 0.300. The van der Waals surface area contributed by atoms with Crippen molar-refractivity contribution in [1.29, 1.82) is 0 Å². The Balaban J connectivity index is 1.52. The molecule has 3 heterocycles. The number of rotatable bonds is 4. The van der Waals surface area contributed by atoms with Gasteiger partial charge in [-0.05, 0) is 30.5 Å². The lowest BCUT2D eigenvalue weighted by Crippen LogP contribution is -2.16. The number of nitrogens with one attached hydrogen (secondary N) is 1. The third-order valence-electron chi connectivity index (χ3n) is 4.50. The fourth-order valence-electron chi connectivity index (χ4n) is 3.04. The molecule has 9 heteroatoms. The Morgan fingerprint density at radius 3 is 2.71 bits per heavy atom. The number of hydrogen-bond acceptors (Lipinski definition) is 5. The average molecular weight is 382 g/mol. The van der Waals surface area contributed by atoms with E-state index in [0.29, 0.717) is 24.2 Å². The monoisotopic (exact) mass is 382 g/mol. The molecular formula is C19H16F2N6O. The smallest absolute Gasteiger partial charge is 0.265 e. The highest BCUT2D eigenvalue weighted by molar-refractivity contribution is 6.04. The minimum Gasteiger partial charge on any atom is -0.382 e. The number of allylic oxidation sites excluding steroid dienone is 3. The van der Waals surface area contributed by atoms with E-state index in [9.17, 15) is 13.6 Å². The number of amides is 1. The van der Waals surface area contributed by atoms with Crippen molar-refractivity contribution in [2.45, 2.75) is 19.3 Å². The third-order valence-corrected chi connectivity index (χ3v) is 4.50. The van der Waals surface area contributed by atoms with Gasteiger partial charge in [0.2, 0.25) is 0 Å². The van der Waals surface area contributed by atoms with E-state index in [2.05, 4.69) is 20.3 Å². The van der Waals surface area contributed by atoms with Crippen molar-refractivity contribution < 1.29 is 13.6 Å². The first kappa shape index (κ1) is 17.8. The predicted octanol–water partition coefficient (Wildman–Crippen LogP) is 3.39. The van der Waals surface area contributed by atoms with Crippen LogP contribution in [0.5, 0.6) is 0 Å². The summed E-state index contributed by atoms with van der Waals surface area (Å²) in [6.07, 6.45) is 8.18. The highest BCUT2D eigenvalue weighted by Crippen LogP contribution is 2.30. The minimum absolute atomic E-state index is 0.191. The van der Waals surface area contributed by atoms with E-state index in [0.717, 1.165) is 23.0 Å². The number of halogens is 2. The summed E-state index contributed by atoms with van der Waals surface area (Å²) in [5, 5.41) is 2.62. The van der Waals surface area contributed by atoms with Crippen molar-refractivity contribution in [3.63, 3.8) is 0 Å². The average Bonchev–Trinajstić information content (AvgIpc) is 3.14. The Hall–Kier alpha value is -3.62. The molecule has 0 radical (unpaired) electrons. The van der Waals surface area contributed by atoms with Crippen molar-refractivity contribution in [3.8, 4) is 0 Å². The van der Waals surface area contributed by atoms with Gasteiger partial charge in [-0.15, -0.1) is 0 Å². The summed E-state index contributed by atoms with van der Waals surface area (Å²) in [5.41, 5.74) is 8.78. The second-order valence-corrected chi connectivity index (χ2v) is 6.28. The van der Waals surface area contributed by atoms with Gasteiger partial charge < -0.3 is 15.5 Å². The van der Waals surface area contributed by atoms with Gasteiger partial charge in [0.25, 0.3) is 12.3 Å². The zero-order valence-electron chi connectivity index (χ0n) is 14.6. The van der Waals surface area contributed by atoms with E-state index in [1.165, 1.54) is 12.1 Å². The normalized spacial score (nSPS) is 14.1. The molecule has 1 amide bonds. The quantitative estimate of drug-likeness (QED) is 0.721. The molecular weight excluding hydrogens is 366 g/mol. The van der Waals surface area contributed by atoms with Gasteiger partial charge in [0, 0.05) is 29.7 Å². The van der Waals surface area contributed by atoms with Crippen LogP contribution >= 0.6 is 0 Å². The summed E-state index contributed by atoms with van der Waals surface area (Å²) in [6, 6.07) is 2.60. The number of nitrogen functional groups attached to an aromatic ring is 1. The Kier molecular flexibility index (Phi) is 4.56. The second kappa shape index (κ2) is 7.18. The Morgan fingerprint density at radius 1 is 1.18 bits per heavy atom. The number of hydrogen-bond donors (Lipinski definition) is 2. The van der Waals surface area contributed by atoms with Crippen LogP contribution < -0.4 is 11.1 Å². The molecule has 0 aliphatic heterocycles. The Bertz CT molecular complexity index is 1100. The first-order valence-corrected chi connectivity index (χ1v) is 8.55. The maximum absolute atomic E-state index is 12.6. The van der Waals surface area contributed by atoms with Crippen molar-refractivity contribution in [2.24, 2.45) is 0 Å². The summed E-state index contributed by atoms with van der Waals surface area (Å²) in [4.78, 5) is 24.8. The van der Waals surface area contributed by atoms with Crippen LogP contribution in [0.3, 0.4) is 0 Å². The lowest BCUT2D eigenvalue weighted by Gasteiger charge is -2.14. The molecule has 0 spiro atoms. The van der Waals surface area contributed by atoms with Crippen LogP contribution in [0, 0.1) is 0 Å². The number of aromatic nitrogens is 4. The van der Waals surface area contributed by atoms with Gasteiger partial charge in [-0.3, -0.25) is 4.79 Å². The van der Waals surface area contributed by atoms with E-state index >= 15 is 0 Å². The maximum Gasteiger partial charge on any atom is 0.265 e. The number of nitrogens with zero attached hydrogens (tertiary/aromatic N) is 4. The molecule has 142 valence electrons. The van der Waals surface area contributed by atoms with Crippen molar-refractivity contribution in [1.82, 2.24) is 19.4 Å². The fourth-order valence-corrected chi connectivity index (χ4v) is 3.04. The van der Waals surface area contributed by atoms with Crippen molar-refractivity contribution >= 4 is 28.6 Å². The molecule has 1 aliphatic rings. The maximum atomic E-state index is 12.6. The molecule has 3 aromatic rings. The number of alkyl halides is 2. The molecule has 0 unspecified atom stereocenters. The number of nitrogens with two attached hydrogens (primary N) is 1. The predicted molar refractivity (Wildman–Crippen MR) is 101 cm³/mol. The zero-order valence-corrected chi connectivity index (χ0v) is 14.6. The third kappa shape index (κ3) is 3.34. The van der Waals surface area contributed by atoms with E-state index < -0.39 is 6.43 Å². The number of pyridine rings is 1. The molecule has 0 saturated heterocycles. The zero-order chi connectivity index (χ0) is 19.7. The molecule has 0 saturated carbocycles. The first-order valence-electron chi connectivity index (χ1n) is 8.55. The molecule has 4 rings (SSSR count). The summed E-state index contributed by atoms with van der Waals surface area (Å²) >= 11 is 0. The molecule has 28 heavy (non-hydrogen) atoms. The van der Waals surface area contributed by atoms with E-state index in [1.807, 2.05) is 6.08 Å². The first-order chi connectivity index (χ1) is 13.5. The molecule has 0 fully saturated rings. The van der Waals surface area contributed by atoms with Gasteiger partial charge in [-0.2, -0.15) is 0 Å². The second-order valence-electron chi connectivity index (χ2n) is 6.28. The fraction of sp³-hybridized carbons (Fsp3) is 0.158. The van der Waals surface area contributed by atoms with Crippen LogP contribution in [-0.4, -0.2) is 25.3 Å². The van der Waals surface area contributed by atoms with E-state index in [1.54, 1.807) is 29.2 Å². The number of carbonyl (C=O) groups excluding carboxylic acids is 1. The van der Waals surface area contributed by atoms with Crippen LogP contribution in [0.25, 0.3) is 11.1 Å². The number of imidazole rings is 1. The van der Waals surface area contributed by atoms with Crippen LogP contribution in [0.15, 0.2) is 54.8 Å².